The summed E-state index contributed by atoms with van der Waals surface area (Å²) in [6.45, 7) is 0. The van der Waals surface area contributed by atoms with Crippen LogP contribution in [0.4, 0.5) is 15.6 Å². The van der Waals surface area contributed by atoms with Crippen LogP contribution in [0.5, 0.6) is 0 Å². The van der Waals surface area contributed by atoms with Gasteiger partial charge in [-0.2, -0.15) is 0 Å². The summed E-state index contributed by atoms with van der Waals surface area (Å²) >= 11 is 16.6. The molecule has 24 heavy (non-hydrogen) atoms. The SMILES string of the molecule is O=C(Nc1nnc(-c2ccccc2Br)s1)Nc1ccc(Cl)cc1Cl. The largest absolute Gasteiger partial charge is 0.325 e. The first-order valence-corrected chi connectivity index (χ1v) is 9.01. The Hall–Kier alpha value is -1.67. The lowest BCUT2D eigenvalue weighted by Gasteiger charge is -2.07. The van der Waals surface area contributed by atoms with Crippen molar-refractivity contribution in [2.24, 2.45) is 0 Å². The molecule has 2 amide bonds. The van der Waals surface area contributed by atoms with Gasteiger partial charge in [-0.3, -0.25) is 5.32 Å². The monoisotopic (exact) mass is 442 g/mol. The summed E-state index contributed by atoms with van der Waals surface area (Å²) in [5.74, 6) is 0. The summed E-state index contributed by atoms with van der Waals surface area (Å²) < 4.78 is 0.907. The van der Waals surface area contributed by atoms with Crippen LogP contribution in [-0.4, -0.2) is 16.2 Å². The van der Waals surface area contributed by atoms with Crippen LogP contribution < -0.4 is 10.6 Å². The predicted octanol–water partition coefficient (Wildman–Crippen LogP) is 5.92. The molecule has 0 bridgehead atoms. The number of carbonyl (C=O) groups is 1. The van der Waals surface area contributed by atoms with Crippen molar-refractivity contribution in [2.45, 2.75) is 0 Å². The molecule has 0 atom stereocenters. The Morgan fingerprint density at radius 2 is 1.88 bits per heavy atom. The van der Waals surface area contributed by atoms with Gasteiger partial charge in [0.15, 0.2) is 5.01 Å². The smallest absolute Gasteiger partial charge is 0.306 e. The summed E-state index contributed by atoms with van der Waals surface area (Å²) in [6, 6.07) is 12.0. The first kappa shape index (κ1) is 17.2. The van der Waals surface area contributed by atoms with Gasteiger partial charge in [0.05, 0.1) is 10.7 Å². The minimum absolute atomic E-state index is 0.351. The standard InChI is InChI=1S/C15H9BrCl2N4OS/c16-10-4-2-1-3-9(10)13-21-22-15(24-13)20-14(23)19-12-6-5-8(17)7-11(12)18/h1-7H,(H2,19,20,22,23). The number of nitrogens with zero attached hydrogens (tertiary/aromatic N) is 2. The third-order valence-electron chi connectivity index (χ3n) is 2.93. The number of hydrogen-bond donors (Lipinski definition) is 2. The van der Waals surface area contributed by atoms with Crippen molar-refractivity contribution in [2.75, 3.05) is 10.6 Å². The van der Waals surface area contributed by atoms with Crippen molar-refractivity contribution >= 4 is 67.3 Å². The van der Waals surface area contributed by atoms with E-state index in [2.05, 4.69) is 36.8 Å². The van der Waals surface area contributed by atoms with Crippen molar-refractivity contribution in [3.05, 3.63) is 57.0 Å². The van der Waals surface area contributed by atoms with E-state index >= 15 is 0 Å². The molecule has 0 aliphatic heterocycles. The number of halogens is 3. The summed E-state index contributed by atoms with van der Waals surface area (Å²) in [5.41, 5.74) is 1.36. The van der Waals surface area contributed by atoms with Gasteiger partial charge in [0.25, 0.3) is 0 Å². The number of hydrogen-bond acceptors (Lipinski definition) is 4. The Labute approximate surface area is 160 Å². The maximum atomic E-state index is 12.0. The van der Waals surface area contributed by atoms with Gasteiger partial charge in [0.1, 0.15) is 0 Å². The van der Waals surface area contributed by atoms with Crippen molar-refractivity contribution < 1.29 is 4.79 Å². The zero-order valence-corrected chi connectivity index (χ0v) is 15.8. The highest BCUT2D eigenvalue weighted by atomic mass is 79.9. The van der Waals surface area contributed by atoms with Crippen LogP contribution in [0.1, 0.15) is 0 Å². The van der Waals surface area contributed by atoms with Crippen LogP contribution in [0.3, 0.4) is 0 Å². The lowest BCUT2D eigenvalue weighted by molar-refractivity contribution is 0.262. The van der Waals surface area contributed by atoms with Gasteiger partial charge >= 0.3 is 6.03 Å². The van der Waals surface area contributed by atoms with Crippen LogP contribution in [0.15, 0.2) is 46.9 Å². The van der Waals surface area contributed by atoms with Gasteiger partial charge < -0.3 is 5.32 Å². The van der Waals surface area contributed by atoms with Crippen molar-refractivity contribution in [3.8, 4) is 10.6 Å². The highest BCUT2D eigenvalue weighted by Gasteiger charge is 2.12. The fourth-order valence-corrected chi connectivity index (χ4v) is 3.70. The first-order chi connectivity index (χ1) is 11.5. The van der Waals surface area contributed by atoms with Gasteiger partial charge in [-0.15, -0.1) is 10.2 Å². The maximum Gasteiger partial charge on any atom is 0.325 e. The van der Waals surface area contributed by atoms with Gasteiger partial charge in [0, 0.05) is 15.1 Å². The number of rotatable bonds is 3. The number of aromatic nitrogens is 2. The zero-order valence-electron chi connectivity index (χ0n) is 11.9. The summed E-state index contributed by atoms with van der Waals surface area (Å²) in [5, 5.41) is 15.2. The molecular formula is C15H9BrCl2N4OS. The molecule has 0 spiro atoms. The number of amides is 2. The number of nitrogens with one attached hydrogen (secondary N) is 2. The Bertz CT molecular complexity index is 903. The molecule has 3 aromatic rings. The number of anilines is 2. The van der Waals surface area contributed by atoms with Crippen LogP contribution >= 0.6 is 50.5 Å². The van der Waals surface area contributed by atoms with Crippen LogP contribution in [0.2, 0.25) is 10.0 Å². The molecule has 0 fully saturated rings. The van der Waals surface area contributed by atoms with E-state index in [4.69, 9.17) is 23.2 Å². The Morgan fingerprint density at radius 1 is 1.08 bits per heavy atom. The molecule has 0 radical (unpaired) electrons. The lowest BCUT2D eigenvalue weighted by Crippen LogP contribution is -2.19. The fraction of sp³-hybridized carbons (Fsp3) is 0. The summed E-state index contributed by atoms with van der Waals surface area (Å²) in [7, 11) is 0. The molecule has 1 heterocycles. The Balaban J connectivity index is 1.70. The van der Waals surface area contributed by atoms with E-state index in [1.807, 2.05) is 24.3 Å². The minimum atomic E-state index is -0.464. The zero-order chi connectivity index (χ0) is 17.1. The molecule has 0 aliphatic rings. The average Bonchev–Trinajstić information content (AvgIpc) is 2.99. The minimum Gasteiger partial charge on any atom is -0.306 e. The molecule has 2 N–H and O–H groups in total. The van der Waals surface area contributed by atoms with Gasteiger partial charge in [-0.05, 0) is 24.3 Å². The molecule has 2 aromatic carbocycles. The molecule has 1 aromatic heterocycles. The van der Waals surface area contributed by atoms with Crippen LogP contribution in [-0.2, 0) is 0 Å². The van der Waals surface area contributed by atoms with Crippen molar-refractivity contribution in [3.63, 3.8) is 0 Å². The third kappa shape index (κ3) is 4.05. The summed E-state index contributed by atoms with van der Waals surface area (Å²) in [4.78, 5) is 12.0. The Morgan fingerprint density at radius 3 is 2.62 bits per heavy atom. The van der Waals surface area contributed by atoms with Crippen LogP contribution in [0, 0.1) is 0 Å². The Kier molecular flexibility index (Phi) is 5.35. The highest BCUT2D eigenvalue weighted by molar-refractivity contribution is 9.10. The van der Waals surface area contributed by atoms with E-state index in [1.165, 1.54) is 11.3 Å². The maximum absolute atomic E-state index is 12.0. The molecule has 5 nitrogen and oxygen atoms in total. The second-order valence-corrected chi connectivity index (χ2v) is 7.27. The van der Waals surface area contributed by atoms with Crippen molar-refractivity contribution in [1.29, 1.82) is 0 Å². The molecular weight excluding hydrogens is 435 g/mol. The molecule has 0 saturated carbocycles. The quantitative estimate of drug-likeness (QED) is 0.527. The molecule has 122 valence electrons. The van der Waals surface area contributed by atoms with E-state index < -0.39 is 6.03 Å². The van der Waals surface area contributed by atoms with E-state index in [-0.39, 0.29) is 0 Å². The second-order valence-electron chi connectivity index (χ2n) is 4.60. The molecule has 0 unspecified atom stereocenters. The lowest BCUT2D eigenvalue weighted by atomic mass is 10.2. The number of carbonyl (C=O) groups excluding carboxylic acids is 1. The van der Waals surface area contributed by atoms with E-state index in [1.54, 1.807) is 18.2 Å². The normalized spacial score (nSPS) is 10.5. The predicted molar refractivity (Wildman–Crippen MR) is 102 cm³/mol. The van der Waals surface area contributed by atoms with Gasteiger partial charge in [-0.1, -0.05) is 68.7 Å². The molecule has 0 aliphatic carbocycles. The van der Waals surface area contributed by atoms with Crippen molar-refractivity contribution in [1.82, 2.24) is 10.2 Å². The van der Waals surface area contributed by atoms with E-state index in [0.29, 0.717) is 25.9 Å². The summed E-state index contributed by atoms with van der Waals surface area (Å²) in [6.07, 6.45) is 0. The first-order valence-electron chi connectivity index (χ1n) is 6.64. The van der Waals surface area contributed by atoms with Crippen LogP contribution in [0.25, 0.3) is 10.6 Å². The number of urea groups is 1. The fourth-order valence-electron chi connectivity index (χ4n) is 1.86. The van der Waals surface area contributed by atoms with Gasteiger partial charge in [-0.25, -0.2) is 4.79 Å². The third-order valence-corrected chi connectivity index (χ3v) is 5.04. The molecule has 3 rings (SSSR count). The average molecular weight is 444 g/mol. The second kappa shape index (κ2) is 7.48. The molecule has 0 saturated heterocycles. The van der Waals surface area contributed by atoms with E-state index in [0.717, 1.165) is 10.0 Å². The van der Waals surface area contributed by atoms with E-state index in [9.17, 15) is 4.79 Å². The topological polar surface area (TPSA) is 66.9 Å². The number of benzene rings is 2. The molecule has 9 heteroatoms. The van der Waals surface area contributed by atoms with Gasteiger partial charge in [0.2, 0.25) is 5.13 Å². The highest BCUT2D eigenvalue weighted by Crippen LogP contribution is 2.32.